The second-order valence-electron chi connectivity index (χ2n) is 6.62. The number of amidine groups is 1. The number of hydrogen-bond acceptors (Lipinski definition) is 6. The van der Waals surface area contributed by atoms with Crippen LogP contribution >= 0.6 is 11.8 Å². The summed E-state index contributed by atoms with van der Waals surface area (Å²) in [6.07, 6.45) is 1.56. The average molecular weight is 418 g/mol. The van der Waals surface area contributed by atoms with Crippen molar-refractivity contribution in [1.82, 2.24) is 4.98 Å². The lowest BCUT2D eigenvalue weighted by molar-refractivity contribution is -0.122. The van der Waals surface area contributed by atoms with Gasteiger partial charge in [-0.3, -0.25) is 19.6 Å². The van der Waals surface area contributed by atoms with Crippen LogP contribution in [0.2, 0.25) is 0 Å². The summed E-state index contributed by atoms with van der Waals surface area (Å²) in [4.78, 5) is 29.7. The lowest BCUT2D eigenvalue weighted by Crippen LogP contribution is -2.32. The number of Topliss-reactive ketones (excluding diaryl/α,β-unsaturated/α-hetero) is 1. The third-order valence-electron chi connectivity index (χ3n) is 4.75. The maximum atomic E-state index is 14.6. The molecule has 0 amide bonds. The van der Waals surface area contributed by atoms with Gasteiger partial charge < -0.3 is 10.8 Å². The maximum absolute atomic E-state index is 14.6. The molecule has 1 atom stereocenters. The third kappa shape index (κ3) is 5.63. The second-order valence-corrected chi connectivity index (χ2v) is 7.73. The predicted molar refractivity (Wildman–Crippen MR) is 113 cm³/mol. The van der Waals surface area contributed by atoms with Crippen LogP contribution < -0.4 is 5.73 Å². The Kier molecular flexibility index (Phi) is 7.90. The highest BCUT2D eigenvalue weighted by Crippen LogP contribution is 2.39. The Balaban J connectivity index is 0.000000941. The van der Waals surface area contributed by atoms with E-state index in [2.05, 4.69) is 9.98 Å². The van der Waals surface area contributed by atoms with Crippen molar-refractivity contribution in [3.63, 3.8) is 0 Å². The number of carbonyl (C=O) groups is 2. The van der Waals surface area contributed by atoms with Crippen LogP contribution in [-0.2, 0) is 16.8 Å². The summed E-state index contributed by atoms with van der Waals surface area (Å²) in [5.74, 6) is 0.415. The fourth-order valence-corrected chi connectivity index (χ4v) is 4.17. The van der Waals surface area contributed by atoms with Gasteiger partial charge in [-0.15, -0.1) is 0 Å². The highest BCUT2D eigenvalue weighted by molar-refractivity contribution is 8.13. The summed E-state index contributed by atoms with van der Waals surface area (Å²) in [5.41, 5.74) is 7.76. The van der Waals surface area contributed by atoms with E-state index in [1.807, 2.05) is 26.0 Å². The van der Waals surface area contributed by atoms with Gasteiger partial charge in [0.25, 0.3) is 6.47 Å². The topological polar surface area (TPSA) is 106 Å². The molecule has 3 N–H and O–H groups in total. The van der Waals surface area contributed by atoms with Crippen molar-refractivity contribution in [3.05, 3.63) is 64.7 Å². The molecule has 1 aliphatic heterocycles. The monoisotopic (exact) mass is 417 g/mol. The number of ketones is 1. The second kappa shape index (κ2) is 10.2. The Morgan fingerprint density at radius 3 is 2.72 bits per heavy atom. The summed E-state index contributed by atoms with van der Waals surface area (Å²) in [7, 11) is 0. The predicted octanol–water partition coefficient (Wildman–Crippen LogP) is 3.71. The summed E-state index contributed by atoms with van der Waals surface area (Å²) in [5, 5.41) is 7.38. The van der Waals surface area contributed by atoms with Crippen molar-refractivity contribution in [2.75, 3.05) is 5.75 Å². The van der Waals surface area contributed by atoms with Crippen molar-refractivity contribution in [1.29, 1.82) is 0 Å². The lowest BCUT2D eigenvalue weighted by atomic mass is 9.83. The fraction of sp³-hybridized carbons (Fsp3) is 0.333. The van der Waals surface area contributed by atoms with Gasteiger partial charge in [0.2, 0.25) is 0 Å². The molecule has 154 valence electrons. The zero-order valence-electron chi connectivity index (χ0n) is 16.4. The zero-order valence-corrected chi connectivity index (χ0v) is 17.2. The number of thioether (sulfide) groups is 1. The van der Waals surface area contributed by atoms with Gasteiger partial charge in [0.15, 0.2) is 11.0 Å². The lowest BCUT2D eigenvalue weighted by Gasteiger charge is -2.33. The van der Waals surface area contributed by atoms with Crippen molar-refractivity contribution >= 4 is 29.2 Å². The molecule has 1 aromatic carbocycles. The molecule has 0 saturated heterocycles. The van der Waals surface area contributed by atoms with Gasteiger partial charge in [-0.25, -0.2) is 4.39 Å². The Bertz CT molecular complexity index is 920. The molecule has 3 rings (SSSR count). The minimum absolute atomic E-state index is 0.0842. The Morgan fingerprint density at radius 2 is 2.10 bits per heavy atom. The van der Waals surface area contributed by atoms with Crippen molar-refractivity contribution in [3.8, 4) is 0 Å². The first-order valence-electron chi connectivity index (χ1n) is 9.17. The Hall–Kier alpha value is -2.74. The molecule has 0 spiro atoms. The number of halogens is 1. The maximum Gasteiger partial charge on any atom is 0.290 e. The minimum Gasteiger partial charge on any atom is -0.483 e. The molecule has 0 unspecified atom stereocenters. The number of rotatable bonds is 5. The molecule has 0 radical (unpaired) electrons. The molecule has 0 aliphatic carbocycles. The molecule has 29 heavy (non-hydrogen) atoms. The molecule has 0 fully saturated rings. The van der Waals surface area contributed by atoms with E-state index in [1.165, 1.54) is 17.8 Å². The van der Waals surface area contributed by atoms with E-state index in [4.69, 9.17) is 15.6 Å². The van der Waals surface area contributed by atoms with E-state index in [9.17, 15) is 9.18 Å². The quantitative estimate of drug-likeness (QED) is 0.567. The number of aromatic nitrogens is 1. The number of hydrogen-bond donors (Lipinski definition) is 2. The summed E-state index contributed by atoms with van der Waals surface area (Å²) in [6.45, 7) is 3.59. The minimum atomic E-state index is -0.653. The van der Waals surface area contributed by atoms with Crippen LogP contribution in [-0.4, -0.2) is 33.3 Å². The average Bonchev–Trinajstić information content (AvgIpc) is 2.70. The highest BCUT2D eigenvalue weighted by Gasteiger charge is 2.35. The molecular formula is C21H24FN3O3S. The standard InChI is InChI=1S/C20H22FN3OS.CH2O2/c1-3-20(9-10-26-19(22)24-20)15-11-14(7-8-16(15)21)12-18(25)17-6-4-5-13(2)23-17;2-1-3/h4-8,11H,3,9-10,12H2,1-2H3,(H2,22,24);1H,(H,2,3)/t20-;/m0./s1. The van der Waals surface area contributed by atoms with Gasteiger partial charge in [0.05, 0.1) is 5.54 Å². The zero-order chi connectivity index (χ0) is 21.4. The molecule has 1 aliphatic rings. The van der Waals surface area contributed by atoms with E-state index in [0.717, 1.165) is 23.4 Å². The number of benzene rings is 1. The van der Waals surface area contributed by atoms with E-state index in [-0.39, 0.29) is 24.5 Å². The van der Waals surface area contributed by atoms with Gasteiger partial charge in [-0.1, -0.05) is 30.8 Å². The van der Waals surface area contributed by atoms with Gasteiger partial charge in [-0.05, 0) is 49.6 Å². The van der Waals surface area contributed by atoms with Crippen molar-refractivity contribution in [2.24, 2.45) is 10.7 Å². The van der Waals surface area contributed by atoms with Gasteiger partial charge in [0, 0.05) is 23.4 Å². The summed E-state index contributed by atoms with van der Waals surface area (Å²) in [6, 6.07) is 10.2. The largest absolute Gasteiger partial charge is 0.483 e. The Labute approximate surface area is 173 Å². The third-order valence-corrected chi connectivity index (χ3v) is 5.54. The first kappa shape index (κ1) is 22.5. The SMILES string of the molecule is CC[C@@]1(c2cc(CC(=O)c3cccc(C)n3)ccc2F)CCSC(N)=N1.O=CO. The van der Waals surface area contributed by atoms with E-state index >= 15 is 0 Å². The van der Waals surface area contributed by atoms with Gasteiger partial charge >= 0.3 is 0 Å². The van der Waals surface area contributed by atoms with Gasteiger partial charge in [-0.2, -0.15) is 0 Å². The first-order valence-corrected chi connectivity index (χ1v) is 10.2. The molecule has 2 aromatic rings. The van der Waals surface area contributed by atoms with Crippen molar-refractivity contribution in [2.45, 2.75) is 38.6 Å². The smallest absolute Gasteiger partial charge is 0.290 e. The van der Waals surface area contributed by atoms with E-state index < -0.39 is 5.54 Å². The molecule has 6 nitrogen and oxygen atoms in total. The van der Waals surface area contributed by atoms with Crippen LogP contribution in [0.25, 0.3) is 0 Å². The van der Waals surface area contributed by atoms with E-state index in [0.29, 0.717) is 22.8 Å². The fourth-order valence-electron chi connectivity index (χ4n) is 3.28. The number of nitrogens with zero attached hydrogens (tertiary/aromatic N) is 2. The van der Waals surface area contributed by atoms with Crippen LogP contribution in [0.3, 0.4) is 0 Å². The van der Waals surface area contributed by atoms with E-state index in [1.54, 1.807) is 18.2 Å². The molecular weight excluding hydrogens is 393 g/mol. The number of carbonyl (C=O) groups excluding carboxylic acids is 1. The van der Waals surface area contributed by atoms with Crippen LogP contribution in [0.5, 0.6) is 0 Å². The number of nitrogens with two attached hydrogens (primary N) is 1. The van der Waals surface area contributed by atoms with Crippen LogP contribution in [0.15, 0.2) is 41.4 Å². The number of pyridine rings is 1. The van der Waals surface area contributed by atoms with Gasteiger partial charge in [0.1, 0.15) is 11.5 Å². The highest BCUT2D eigenvalue weighted by atomic mass is 32.2. The summed E-state index contributed by atoms with van der Waals surface area (Å²) < 4.78 is 14.6. The first-order chi connectivity index (χ1) is 13.8. The molecule has 0 saturated carbocycles. The number of carboxylic acid groups (broad SMARTS) is 1. The number of aliphatic imine (C=N–C) groups is 1. The normalized spacial score (nSPS) is 18.2. The van der Waals surface area contributed by atoms with Crippen LogP contribution in [0.4, 0.5) is 4.39 Å². The molecule has 1 aromatic heterocycles. The van der Waals surface area contributed by atoms with Crippen LogP contribution in [0, 0.1) is 12.7 Å². The van der Waals surface area contributed by atoms with Crippen molar-refractivity contribution < 1.29 is 19.1 Å². The molecule has 8 heteroatoms. The summed E-state index contributed by atoms with van der Waals surface area (Å²) >= 11 is 1.49. The van der Waals surface area contributed by atoms with Crippen LogP contribution in [0.1, 0.15) is 47.1 Å². The Morgan fingerprint density at radius 1 is 1.38 bits per heavy atom. The molecule has 0 bridgehead atoms. The molecule has 2 heterocycles. The number of aryl methyl sites for hydroxylation is 1.